The highest BCUT2D eigenvalue weighted by Gasteiger charge is 2.37. The van der Waals surface area contributed by atoms with E-state index in [-0.39, 0.29) is 6.61 Å². The quantitative estimate of drug-likeness (QED) is 0.761. The number of carbonyl (C=O) groups is 1. The Morgan fingerprint density at radius 2 is 1.53 bits per heavy atom. The minimum Gasteiger partial charge on any atom is -0.392 e. The van der Waals surface area contributed by atoms with Gasteiger partial charge in [0, 0.05) is 0 Å². The van der Waals surface area contributed by atoms with Crippen molar-refractivity contribution in [3.05, 3.63) is 71.3 Å². The molecular formula is C15H15NO3. The SMILES string of the molecule is NC(=O)C(O)(c1ccccc1)c1ccc(CO)cc1. The van der Waals surface area contributed by atoms with Crippen LogP contribution < -0.4 is 5.73 Å². The third-order valence-corrected chi connectivity index (χ3v) is 3.10. The number of hydrogen-bond acceptors (Lipinski definition) is 3. The van der Waals surface area contributed by atoms with Gasteiger partial charge in [0.15, 0.2) is 5.60 Å². The van der Waals surface area contributed by atoms with Gasteiger partial charge in [-0.1, -0.05) is 54.6 Å². The van der Waals surface area contributed by atoms with Crippen molar-refractivity contribution >= 4 is 5.91 Å². The summed E-state index contributed by atoms with van der Waals surface area (Å²) in [7, 11) is 0. The summed E-state index contributed by atoms with van der Waals surface area (Å²) < 4.78 is 0. The third kappa shape index (κ3) is 2.36. The molecule has 0 heterocycles. The van der Waals surface area contributed by atoms with Gasteiger partial charge in [-0.05, 0) is 16.7 Å². The Labute approximate surface area is 111 Å². The predicted molar refractivity (Wildman–Crippen MR) is 71.0 cm³/mol. The van der Waals surface area contributed by atoms with Crippen molar-refractivity contribution in [3.8, 4) is 0 Å². The van der Waals surface area contributed by atoms with E-state index in [1.165, 1.54) is 0 Å². The first-order valence-electron chi connectivity index (χ1n) is 5.87. The molecule has 0 bridgehead atoms. The third-order valence-electron chi connectivity index (χ3n) is 3.10. The summed E-state index contributed by atoms with van der Waals surface area (Å²) in [6.07, 6.45) is 0. The van der Waals surface area contributed by atoms with E-state index in [4.69, 9.17) is 10.8 Å². The largest absolute Gasteiger partial charge is 0.392 e. The van der Waals surface area contributed by atoms with Crippen LogP contribution in [0.2, 0.25) is 0 Å². The summed E-state index contributed by atoms with van der Waals surface area (Å²) in [4.78, 5) is 11.7. The highest BCUT2D eigenvalue weighted by Crippen LogP contribution is 2.29. The van der Waals surface area contributed by atoms with Crippen molar-refractivity contribution in [2.45, 2.75) is 12.2 Å². The lowest BCUT2D eigenvalue weighted by molar-refractivity contribution is -0.133. The molecule has 19 heavy (non-hydrogen) atoms. The van der Waals surface area contributed by atoms with E-state index < -0.39 is 11.5 Å². The zero-order valence-corrected chi connectivity index (χ0v) is 10.3. The van der Waals surface area contributed by atoms with Gasteiger partial charge in [0.2, 0.25) is 0 Å². The van der Waals surface area contributed by atoms with Gasteiger partial charge in [0.25, 0.3) is 5.91 Å². The van der Waals surface area contributed by atoms with E-state index in [0.717, 1.165) is 0 Å². The fourth-order valence-electron chi connectivity index (χ4n) is 1.98. The van der Waals surface area contributed by atoms with Gasteiger partial charge in [-0.2, -0.15) is 0 Å². The number of hydrogen-bond donors (Lipinski definition) is 3. The van der Waals surface area contributed by atoms with E-state index in [1.807, 2.05) is 0 Å². The first-order valence-corrected chi connectivity index (χ1v) is 5.87. The van der Waals surface area contributed by atoms with Gasteiger partial charge in [-0.15, -0.1) is 0 Å². The van der Waals surface area contributed by atoms with Gasteiger partial charge >= 0.3 is 0 Å². The predicted octanol–water partition coefficient (Wildman–Crippen LogP) is 0.900. The van der Waals surface area contributed by atoms with Crippen molar-refractivity contribution in [1.29, 1.82) is 0 Å². The molecule has 0 aliphatic carbocycles. The first-order chi connectivity index (χ1) is 9.09. The van der Waals surface area contributed by atoms with Crippen LogP contribution in [0.25, 0.3) is 0 Å². The van der Waals surface area contributed by atoms with Crippen LogP contribution in [0.15, 0.2) is 54.6 Å². The standard InChI is InChI=1S/C15H15NO3/c16-14(18)15(19,12-4-2-1-3-5-12)13-8-6-11(10-17)7-9-13/h1-9,17,19H,10H2,(H2,16,18). The van der Waals surface area contributed by atoms with Crippen LogP contribution in [0.1, 0.15) is 16.7 Å². The topological polar surface area (TPSA) is 83.6 Å². The zero-order chi connectivity index (χ0) is 13.9. The molecule has 2 aromatic carbocycles. The molecule has 98 valence electrons. The molecule has 0 aliphatic heterocycles. The lowest BCUT2D eigenvalue weighted by atomic mass is 9.85. The number of amides is 1. The number of primary amides is 1. The summed E-state index contributed by atoms with van der Waals surface area (Å²) in [5.74, 6) is -0.838. The molecule has 0 saturated carbocycles. The second-order valence-electron chi connectivity index (χ2n) is 4.30. The van der Waals surface area contributed by atoms with Gasteiger partial charge in [0.05, 0.1) is 6.61 Å². The average Bonchev–Trinajstić information content (AvgIpc) is 2.47. The van der Waals surface area contributed by atoms with Gasteiger partial charge < -0.3 is 15.9 Å². The second-order valence-corrected chi connectivity index (χ2v) is 4.30. The number of aliphatic hydroxyl groups excluding tert-OH is 1. The van der Waals surface area contributed by atoms with Crippen molar-refractivity contribution in [3.63, 3.8) is 0 Å². The van der Waals surface area contributed by atoms with E-state index in [9.17, 15) is 9.90 Å². The van der Waals surface area contributed by atoms with Crippen LogP contribution in [0, 0.1) is 0 Å². The molecular weight excluding hydrogens is 242 g/mol. The van der Waals surface area contributed by atoms with Crippen LogP contribution in [0.3, 0.4) is 0 Å². The lowest BCUT2D eigenvalue weighted by Gasteiger charge is -2.25. The number of carbonyl (C=O) groups excluding carboxylic acids is 1. The molecule has 0 fully saturated rings. The Morgan fingerprint density at radius 1 is 1.00 bits per heavy atom. The van der Waals surface area contributed by atoms with Gasteiger partial charge in [-0.25, -0.2) is 0 Å². The lowest BCUT2D eigenvalue weighted by Crippen LogP contribution is -2.42. The number of nitrogens with two attached hydrogens (primary N) is 1. The second kappa shape index (κ2) is 5.22. The van der Waals surface area contributed by atoms with Gasteiger partial charge in [0.1, 0.15) is 0 Å². The molecule has 4 nitrogen and oxygen atoms in total. The van der Waals surface area contributed by atoms with E-state index in [2.05, 4.69) is 0 Å². The fourth-order valence-corrected chi connectivity index (χ4v) is 1.98. The zero-order valence-electron chi connectivity index (χ0n) is 10.3. The molecule has 0 spiro atoms. The Morgan fingerprint density at radius 3 is 2.00 bits per heavy atom. The highest BCUT2D eigenvalue weighted by molar-refractivity contribution is 5.88. The Balaban J connectivity index is 2.53. The normalized spacial score (nSPS) is 13.8. The van der Waals surface area contributed by atoms with Crippen molar-refractivity contribution < 1.29 is 15.0 Å². The van der Waals surface area contributed by atoms with Crippen LogP contribution in [0.4, 0.5) is 0 Å². The Hall–Kier alpha value is -2.17. The molecule has 1 unspecified atom stereocenters. The molecule has 1 atom stereocenters. The molecule has 2 rings (SSSR count). The molecule has 0 aliphatic rings. The summed E-state index contributed by atoms with van der Waals surface area (Å²) in [5.41, 5.74) is 4.99. The number of aliphatic hydroxyl groups is 2. The summed E-state index contributed by atoms with van der Waals surface area (Å²) in [6, 6.07) is 15.0. The Bertz CT molecular complexity index is 566. The maximum atomic E-state index is 11.7. The summed E-state index contributed by atoms with van der Waals surface area (Å²) >= 11 is 0. The monoisotopic (exact) mass is 257 g/mol. The maximum Gasteiger partial charge on any atom is 0.258 e. The molecule has 1 amide bonds. The van der Waals surface area contributed by atoms with E-state index in [1.54, 1.807) is 54.6 Å². The molecule has 2 aromatic rings. The van der Waals surface area contributed by atoms with Gasteiger partial charge in [-0.3, -0.25) is 4.79 Å². The average molecular weight is 257 g/mol. The molecule has 4 heteroatoms. The van der Waals surface area contributed by atoms with Crippen LogP contribution >= 0.6 is 0 Å². The fraction of sp³-hybridized carbons (Fsp3) is 0.133. The van der Waals surface area contributed by atoms with Crippen molar-refractivity contribution in [2.75, 3.05) is 0 Å². The minimum absolute atomic E-state index is 0.0966. The molecule has 0 saturated heterocycles. The number of rotatable bonds is 4. The molecule has 4 N–H and O–H groups in total. The molecule has 0 radical (unpaired) electrons. The van der Waals surface area contributed by atoms with Crippen LogP contribution in [-0.2, 0) is 17.0 Å². The Kier molecular flexibility index (Phi) is 3.64. The summed E-state index contributed by atoms with van der Waals surface area (Å²) in [6.45, 7) is -0.0966. The van der Waals surface area contributed by atoms with E-state index >= 15 is 0 Å². The number of benzene rings is 2. The summed E-state index contributed by atoms with van der Waals surface area (Å²) in [5, 5.41) is 19.7. The van der Waals surface area contributed by atoms with Crippen LogP contribution in [-0.4, -0.2) is 16.1 Å². The highest BCUT2D eigenvalue weighted by atomic mass is 16.3. The first kappa shape index (κ1) is 13.3. The van der Waals surface area contributed by atoms with Crippen molar-refractivity contribution in [1.82, 2.24) is 0 Å². The minimum atomic E-state index is -1.87. The van der Waals surface area contributed by atoms with Crippen molar-refractivity contribution in [2.24, 2.45) is 5.73 Å². The maximum absolute atomic E-state index is 11.7. The van der Waals surface area contributed by atoms with E-state index in [0.29, 0.717) is 16.7 Å². The van der Waals surface area contributed by atoms with Crippen LogP contribution in [0.5, 0.6) is 0 Å². The molecule has 0 aromatic heterocycles. The smallest absolute Gasteiger partial charge is 0.258 e.